The summed E-state index contributed by atoms with van der Waals surface area (Å²) in [6, 6.07) is 0.473. The number of rotatable bonds is 3. The van der Waals surface area contributed by atoms with Gasteiger partial charge in [-0.2, -0.15) is 0 Å². The topological polar surface area (TPSA) is 47.1 Å². The molecule has 0 radical (unpaired) electrons. The number of hydrogen-bond acceptors (Lipinski definition) is 3. The number of fused-ring (bicyclic) bond motifs is 1. The van der Waals surface area contributed by atoms with E-state index in [0.717, 1.165) is 32.6 Å². The van der Waals surface area contributed by atoms with Crippen molar-refractivity contribution < 1.29 is 0 Å². The lowest BCUT2D eigenvalue weighted by atomic mass is 9.87. The Labute approximate surface area is 104 Å². The smallest absolute Gasteiger partial charge is 0.122 e. The first-order valence-corrected chi connectivity index (χ1v) is 6.44. The molecule has 0 spiro atoms. The molecule has 17 heavy (non-hydrogen) atoms. The second-order valence-corrected chi connectivity index (χ2v) is 6.16. The summed E-state index contributed by atoms with van der Waals surface area (Å²) in [5.41, 5.74) is 6.27. The monoisotopic (exact) mass is 236 g/mol. The Morgan fingerprint density at radius 1 is 1.41 bits per heavy atom. The SMILES string of the molecule is CC(C)(C)CC(CN)N1CCn2ccnc2C1. The lowest BCUT2D eigenvalue weighted by Crippen LogP contribution is -2.46. The zero-order valence-electron chi connectivity index (χ0n) is 11.2. The minimum Gasteiger partial charge on any atom is -0.333 e. The fourth-order valence-electron chi connectivity index (χ4n) is 2.57. The van der Waals surface area contributed by atoms with Gasteiger partial charge >= 0.3 is 0 Å². The fourth-order valence-corrected chi connectivity index (χ4v) is 2.57. The summed E-state index contributed by atoms with van der Waals surface area (Å²) in [7, 11) is 0. The van der Waals surface area contributed by atoms with Gasteiger partial charge in [0.1, 0.15) is 5.82 Å². The maximum Gasteiger partial charge on any atom is 0.122 e. The molecule has 1 unspecified atom stereocenters. The van der Waals surface area contributed by atoms with Crippen molar-refractivity contribution in [3.63, 3.8) is 0 Å². The standard InChI is InChI=1S/C13H24N4/c1-13(2,3)8-11(9-14)17-7-6-16-5-4-15-12(16)10-17/h4-5,11H,6-10,14H2,1-3H3. The van der Waals surface area contributed by atoms with E-state index in [0.29, 0.717) is 11.5 Å². The predicted molar refractivity (Wildman–Crippen MR) is 69.6 cm³/mol. The molecule has 0 saturated carbocycles. The summed E-state index contributed by atoms with van der Waals surface area (Å²) in [4.78, 5) is 6.88. The first kappa shape index (κ1) is 12.6. The van der Waals surface area contributed by atoms with Gasteiger partial charge in [0.05, 0.1) is 6.54 Å². The third-order valence-corrected chi connectivity index (χ3v) is 3.41. The van der Waals surface area contributed by atoms with Crippen LogP contribution >= 0.6 is 0 Å². The number of hydrogen-bond donors (Lipinski definition) is 1. The highest BCUT2D eigenvalue weighted by atomic mass is 15.3. The van der Waals surface area contributed by atoms with Crippen LogP contribution in [0.25, 0.3) is 0 Å². The average Bonchev–Trinajstić information content (AvgIpc) is 2.71. The summed E-state index contributed by atoms with van der Waals surface area (Å²) >= 11 is 0. The minimum atomic E-state index is 0.330. The van der Waals surface area contributed by atoms with Gasteiger partial charge < -0.3 is 10.3 Å². The summed E-state index contributed by atoms with van der Waals surface area (Å²) < 4.78 is 2.24. The summed E-state index contributed by atoms with van der Waals surface area (Å²) in [6.07, 6.45) is 5.10. The molecule has 4 heteroatoms. The van der Waals surface area contributed by atoms with Crippen LogP contribution in [0, 0.1) is 5.41 Å². The zero-order valence-corrected chi connectivity index (χ0v) is 11.2. The molecular formula is C13H24N4. The third-order valence-electron chi connectivity index (χ3n) is 3.41. The van der Waals surface area contributed by atoms with Crippen LogP contribution in [0.15, 0.2) is 12.4 Å². The highest BCUT2D eigenvalue weighted by Gasteiger charge is 2.26. The summed E-state index contributed by atoms with van der Waals surface area (Å²) in [6.45, 7) is 10.6. The quantitative estimate of drug-likeness (QED) is 0.864. The molecule has 1 atom stereocenters. The van der Waals surface area contributed by atoms with Gasteiger partial charge in [0.15, 0.2) is 0 Å². The van der Waals surface area contributed by atoms with E-state index in [2.05, 4.69) is 41.4 Å². The molecule has 2 rings (SSSR count). The molecule has 1 aliphatic rings. The Hall–Kier alpha value is -0.870. The first-order valence-electron chi connectivity index (χ1n) is 6.44. The number of nitrogens with zero attached hydrogens (tertiary/aromatic N) is 3. The van der Waals surface area contributed by atoms with Gasteiger partial charge in [-0.3, -0.25) is 4.90 Å². The van der Waals surface area contributed by atoms with E-state index in [9.17, 15) is 0 Å². The van der Waals surface area contributed by atoms with Crippen LogP contribution in [0.2, 0.25) is 0 Å². The molecule has 0 amide bonds. The molecule has 2 heterocycles. The Kier molecular flexibility index (Phi) is 3.54. The van der Waals surface area contributed by atoms with Crippen molar-refractivity contribution >= 4 is 0 Å². The Balaban J connectivity index is 2.03. The zero-order chi connectivity index (χ0) is 12.5. The van der Waals surface area contributed by atoms with Crippen LogP contribution < -0.4 is 5.73 Å². The second-order valence-electron chi connectivity index (χ2n) is 6.16. The van der Waals surface area contributed by atoms with Crippen molar-refractivity contribution in [3.05, 3.63) is 18.2 Å². The van der Waals surface area contributed by atoms with Gasteiger partial charge in [0.25, 0.3) is 0 Å². The average molecular weight is 236 g/mol. The molecular weight excluding hydrogens is 212 g/mol. The van der Waals surface area contributed by atoms with E-state index in [1.807, 2.05) is 6.20 Å². The van der Waals surface area contributed by atoms with E-state index < -0.39 is 0 Å². The van der Waals surface area contributed by atoms with E-state index >= 15 is 0 Å². The highest BCUT2D eigenvalue weighted by molar-refractivity contribution is 4.97. The molecule has 4 nitrogen and oxygen atoms in total. The first-order chi connectivity index (χ1) is 7.99. The van der Waals surface area contributed by atoms with Crippen molar-refractivity contribution in [2.24, 2.45) is 11.1 Å². The maximum absolute atomic E-state index is 5.94. The molecule has 1 aromatic heterocycles. The van der Waals surface area contributed by atoms with Crippen LogP contribution in [-0.2, 0) is 13.1 Å². The van der Waals surface area contributed by atoms with Crippen molar-refractivity contribution in [1.82, 2.24) is 14.5 Å². The van der Waals surface area contributed by atoms with Crippen molar-refractivity contribution in [1.29, 1.82) is 0 Å². The largest absolute Gasteiger partial charge is 0.333 e. The van der Waals surface area contributed by atoms with Gasteiger partial charge in [-0.05, 0) is 11.8 Å². The molecule has 0 bridgehead atoms. The van der Waals surface area contributed by atoms with Crippen molar-refractivity contribution in [3.8, 4) is 0 Å². The summed E-state index contributed by atoms with van der Waals surface area (Å²) in [5.74, 6) is 1.17. The van der Waals surface area contributed by atoms with E-state index in [4.69, 9.17) is 5.73 Å². The minimum absolute atomic E-state index is 0.330. The molecule has 96 valence electrons. The molecule has 1 aliphatic heterocycles. The Bertz CT molecular complexity index is 364. The Morgan fingerprint density at radius 3 is 2.82 bits per heavy atom. The van der Waals surface area contributed by atoms with E-state index in [-0.39, 0.29) is 0 Å². The number of imidazole rings is 1. The molecule has 1 aromatic rings. The van der Waals surface area contributed by atoms with E-state index in [1.54, 1.807) is 0 Å². The highest BCUT2D eigenvalue weighted by Crippen LogP contribution is 2.25. The second kappa shape index (κ2) is 4.78. The maximum atomic E-state index is 5.94. The molecule has 2 N–H and O–H groups in total. The normalized spacial score (nSPS) is 19.1. The van der Waals surface area contributed by atoms with Crippen molar-refractivity contribution in [2.45, 2.75) is 46.3 Å². The molecule has 0 fully saturated rings. The lowest BCUT2D eigenvalue weighted by Gasteiger charge is -2.37. The number of nitrogens with two attached hydrogens (primary N) is 1. The van der Waals surface area contributed by atoms with Crippen LogP contribution in [-0.4, -0.2) is 33.6 Å². The van der Waals surface area contributed by atoms with E-state index in [1.165, 1.54) is 5.82 Å². The van der Waals surface area contributed by atoms with Crippen LogP contribution in [0.4, 0.5) is 0 Å². The van der Waals surface area contributed by atoms with Crippen LogP contribution in [0.1, 0.15) is 33.0 Å². The molecule has 0 aliphatic carbocycles. The van der Waals surface area contributed by atoms with Gasteiger partial charge in [0, 0.05) is 38.1 Å². The number of aromatic nitrogens is 2. The van der Waals surface area contributed by atoms with Gasteiger partial charge in [-0.15, -0.1) is 0 Å². The summed E-state index contributed by atoms with van der Waals surface area (Å²) in [5, 5.41) is 0. The Morgan fingerprint density at radius 2 is 2.18 bits per heavy atom. The molecule has 0 saturated heterocycles. The third kappa shape index (κ3) is 3.07. The van der Waals surface area contributed by atoms with Gasteiger partial charge in [-0.1, -0.05) is 20.8 Å². The lowest BCUT2D eigenvalue weighted by molar-refractivity contribution is 0.120. The predicted octanol–water partition coefficient (Wildman–Crippen LogP) is 1.46. The van der Waals surface area contributed by atoms with Crippen LogP contribution in [0.5, 0.6) is 0 Å². The van der Waals surface area contributed by atoms with Gasteiger partial charge in [-0.25, -0.2) is 4.98 Å². The molecule has 0 aromatic carbocycles. The fraction of sp³-hybridized carbons (Fsp3) is 0.769. The van der Waals surface area contributed by atoms with Crippen LogP contribution in [0.3, 0.4) is 0 Å². The van der Waals surface area contributed by atoms with Crippen molar-refractivity contribution in [2.75, 3.05) is 13.1 Å². The van der Waals surface area contributed by atoms with Gasteiger partial charge in [0.2, 0.25) is 0 Å².